The second kappa shape index (κ2) is 5.45. The highest BCUT2D eigenvalue weighted by Crippen LogP contribution is 2.19. The van der Waals surface area contributed by atoms with E-state index in [4.69, 9.17) is 10.2 Å². The van der Waals surface area contributed by atoms with Gasteiger partial charge < -0.3 is 15.1 Å². The number of aromatic nitrogens is 1. The maximum atomic E-state index is 12.1. The predicted molar refractivity (Wildman–Crippen MR) is 64.8 cm³/mol. The molecule has 1 fully saturated rings. The van der Waals surface area contributed by atoms with Gasteiger partial charge in [-0.15, -0.1) is 11.3 Å². The van der Waals surface area contributed by atoms with E-state index in [1.165, 1.54) is 5.38 Å². The van der Waals surface area contributed by atoms with Gasteiger partial charge in [0.25, 0.3) is 5.91 Å². The van der Waals surface area contributed by atoms with Gasteiger partial charge in [-0.25, -0.2) is 9.78 Å². The third-order valence-electron chi connectivity index (χ3n) is 2.97. The minimum atomic E-state index is -1.13. The Balaban J connectivity index is 2.07. The van der Waals surface area contributed by atoms with E-state index < -0.39 is 5.97 Å². The zero-order chi connectivity index (χ0) is 13.1. The minimum absolute atomic E-state index is 0.0715. The lowest BCUT2D eigenvalue weighted by Gasteiger charge is -2.31. The molecular weight excluding hydrogens is 256 g/mol. The number of nitrogens with zero attached hydrogens (tertiary/aromatic N) is 2. The first-order valence-electron chi connectivity index (χ1n) is 5.70. The van der Waals surface area contributed by atoms with Gasteiger partial charge in [-0.2, -0.15) is 0 Å². The second-order valence-corrected chi connectivity index (χ2v) is 5.14. The van der Waals surface area contributed by atoms with Gasteiger partial charge in [0.1, 0.15) is 0 Å². The Morgan fingerprint density at radius 2 is 2.33 bits per heavy atom. The fraction of sp³-hybridized carbons (Fsp3) is 0.545. The van der Waals surface area contributed by atoms with Gasteiger partial charge in [0.15, 0.2) is 10.7 Å². The van der Waals surface area contributed by atoms with Crippen molar-refractivity contribution in [1.29, 1.82) is 0 Å². The van der Waals surface area contributed by atoms with Gasteiger partial charge in [-0.05, 0) is 18.8 Å². The van der Waals surface area contributed by atoms with E-state index >= 15 is 0 Å². The number of carbonyl (C=O) groups excluding carboxylic acids is 1. The number of piperidine rings is 1. The number of aliphatic hydroxyl groups excluding tert-OH is 1. The van der Waals surface area contributed by atoms with Crippen molar-refractivity contribution >= 4 is 23.2 Å². The summed E-state index contributed by atoms with van der Waals surface area (Å²) in [6.07, 6.45) is 1.77. The fourth-order valence-corrected chi connectivity index (χ4v) is 2.76. The molecule has 2 rings (SSSR count). The SMILES string of the molecule is O=C(O)c1csc(C(=O)N2CCCC(CO)C2)n1. The molecule has 1 aromatic rings. The van der Waals surface area contributed by atoms with Crippen LogP contribution in [0.15, 0.2) is 5.38 Å². The Morgan fingerprint density at radius 1 is 1.56 bits per heavy atom. The van der Waals surface area contributed by atoms with E-state index in [1.54, 1.807) is 4.90 Å². The summed E-state index contributed by atoms with van der Waals surface area (Å²) in [5.41, 5.74) is -0.0981. The summed E-state index contributed by atoms with van der Waals surface area (Å²) in [4.78, 5) is 28.2. The first kappa shape index (κ1) is 13.0. The molecule has 2 N–H and O–H groups in total. The van der Waals surface area contributed by atoms with Crippen LogP contribution in [-0.4, -0.2) is 51.7 Å². The summed E-state index contributed by atoms with van der Waals surface area (Å²) in [6, 6.07) is 0. The van der Waals surface area contributed by atoms with E-state index in [-0.39, 0.29) is 29.1 Å². The molecule has 0 aromatic carbocycles. The normalized spacial score (nSPS) is 19.8. The number of carboxylic acid groups (broad SMARTS) is 1. The number of aliphatic hydroxyl groups is 1. The molecular formula is C11H14N2O4S. The van der Waals surface area contributed by atoms with Crippen LogP contribution < -0.4 is 0 Å². The Kier molecular flexibility index (Phi) is 3.93. The van der Waals surface area contributed by atoms with Crippen molar-refractivity contribution < 1.29 is 19.8 Å². The van der Waals surface area contributed by atoms with Crippen molar-refractivity contribution in [2.75, 3.05) is 19.7 Å². The van der Waals surface area contributed by atoms with E-state index in [1.807, 2.05) is 0 Å². The van der Waals surface area contributed by atoms with Crippen molar-refractivity contribution in [3.63, 3.8) is 0 Å². The van der Waals surface area contributed by atoms with Crippen molar-refractivity contribution in [2.24, 2.45) is 5.92 Å². The molecule has 1 aliphatic heterocycles. The number of thiazole rings is 1. The maximum absolute atomic E-state index is 12.1. The molecule has 0 bridgehead atoms. The van der Waals surface area contributed by atoms with Crippen molar-refractivity contribution in [3.05, 3.63) is 16.1 Å². The van der Waals surface area contributed by atoms with Crippen molar-refractivity contribution in [2.45, 2.75) is 12.8 Å². The number of likely N-dealkylation sites (tertiary alicyclic amines) is 1. The van der Waals surface area contributed by atoms with E-state index in [2.05, 4.69) is 4.98 Å². The summed E-state index contributed by atoms with van der Waals surface area (Å²) in [7, 11) is 0. The topological polar surface area (TPSA) is 90.7 Å². The average molecular weight is 270 g/mol. The molecule has 1 saturated heterocycles. The number of amides is 1. The molecule has 2 heterocycles. The summed E-state index contributed by atoms with van der Waals surface area (Å²) < 4.78 is 0. The number of hydrogen-bond donors (Lipinski definition) is 2. The summed E-state index contributed by atoms with van der Waals surface area (Å²) in [6.45, 7) is 1.22. The zero-order valence-corrected chi connectivity index (χ0v) is 10.5. The third kappa shape index (κ3) is 2.68. The van der Waals surface area contributed by atoms with Gasteiger partial charge in [0, 0.05) is 25.1 Å². The van der Waals surface area contributed by atoms with Crippen LogP contribution in [0.3, 0.4) is 0 Å². The number of rotatable bonds is 3. The smallest absolute Gasteiger partial charge is 0.355 e. The van der Waals surface area contributed by atoms with Crippen LogP contribution >= 0.6 is 11.3 Å². The lowest BCUT2D eigenvalue weighted by Crippen LogP contribution is -2.40. The molecule has 1 aromatic heterocycles. The standard InChI is InChI=1S/C11H14N2O4S/c14-5-7-2-1-3-13(4-7)10(15)9-12-8(6-18-9)11(16)17/h6-7,14H,1-5H2,(H,16,17). The van der Waals surface area contributed by atoms with Gasteiger partial charge in [-0.3, -0.25) is 4.79 Å². The van der Waals surface area contributed by atoms with Crippen LogP contribution in [0, 0.1) is 5.92 Å². The van der Waals surface area contributed by atoms with Crippen LogP contribution in [0.2, 0.25) is 0 Å². The third-order valence-corrected chi connectivity index (χ3v) is 3.80. The fourth-order valence-electron chi connectivity index (χ4n) is 2.00. The molecule has 1 atom stereocenters. The van der Waals surface area contributed by atoms with E-state index in [9.17, 15) is 9.59 Å². The van der Waals surface area contributed by atoms with Gasteiger partial charge >= 0.3 is 5.97 Å². The molecule has 0 aliphatic carbocycles. The highest BCUT2D eigenvalue weighted by atomic mass is 32.1. The quantitative estimate of drug-likeness (QED) is 0.843. The predicted octanol–water partition coefficient (Wildman–Crippen LogP) is 0.686. The molecule has 0 saturated carbocycles. The molecule has 7 heteroatoms. The van der Waals surface area contributed by atoms with Gasteiger partial charge in [0.05, 0.1) is 0 Å². The van der Waals surface area contributed by atoms with Crippen LogP contribution in [0.5, 0.6) is 0 Å². The first-order valence-corrected chi connectivity index (χ1v) is 6.58. The van der Waals surface area contributed by atoms with Crippen LogP contribution in [0.1, 0.15) is 33.1 Å². The molecule has 1 amide bonds. The Labute approximate surface area is 108 Å². The van der Waals surface area contributed by atoms with Crippen LogP contribution in [0.4, 0.5) is 0 Å². The first-order chi connectivity index (χ1) is 8.61. The number of hydrogen-bond acceptors (Lipinski definition) is 5. The number of carboxylic acids is 1. The van der Waals surface area contributed by atoms with Crippen molar-refractivity contribution in [1.82, 2.24) is 9.88 Å². The Bertz CT molecular complexity index is 460. The summed E-state index contributed by atoms with van der Waals surface area (Å²) in [5.74, 6) is -1.26. The molecule has 1 aliphatic rings. The van der Waals surface area contributed by atoms with Gasteiger partial charge in [-0.1, -0.05) is 0 Å². The highest BCUT2D eigenvalue weighted by Gasteiger charge is 2.26. The largest absolute Gasteiger partial charge is 0.476 e. The monoisotopic (exact) mass is 270 g/mol. The van der Waals surface area contributed by atoms with Crippen LogP contribution in [0.25, 0.3) is 0 Å². The Hall–Kier alpha value is -1.47. The summed E-state index contributed by atoms with van der Waals surface area (Å²) >= 11 is 1.04. The average Bonchev–Trinajstić information content (AvgIpc) is 2.87. The molecule has 0 radical (unpaired) electrons. The number of carbonyl (C=O) groups is 2. The lowest BCUT2D eigenvalue weighted by atomic mass is 9.99. The molecule has 1 unspecified atom stereocenters. The van der Waals surface area contributed by atoms with E-state index in [0.29, 0.717) is 13.1 Å². The second-order valence-electron chi connectivity index (χ2n) is 4.29. The highest BCUT2D eigenvalue weighted by molar-refractivity contribution is 7.11. The lowest BCUT2D eigenvalue weighted by molar-refractivity contribution is 0.0620. The zero-order valence-electron chi connectivity index (χ0n) is 9.70. The Morgan fingerprint density at radius 3 is 2.94 bits per heavy atom. The summed E-state index contributed by atoms with van der Waals surface area (Å²) in [5, 5.41) is 19.4. The number of aromatic carboxylic acids is 1. The van der Waals surface area contributed by atoms with E-state index in [0.717, 1.165) is 24.2 Å². The molecule has 6 nitrogen and oxygen atoms in total. The van der Waals surface area contributed by atoms with Crippen LogP contribution in [-0.2, 0) is 0 Å². The van der Waals surface area contributed by atoms with Gasteiger partial charge in [0.2, 0.25) is 0 Å². The maximum Gasteiger partial charge on any atom is 0.355 e. The minimum Gasteiger partial charge on any atom is -0.476 e. The molecule has 18 heavy (non-hydrogen) atoms. The molecule has 98 valence electrons. The molecule has 0 spiro atoms. The van der Waals surface area contributed by atoms with Crippen molar-refractivity contribution in [3.8, 4) is 0 Å².